The zero-order valence-electron chi connectivity index (χ0n) is 14.0. The summed E-state index contributed by atoms with van der Waals surface area (Å²) in [4.78, 5) is 26.4. The number of aromatic nitrogens is 2. The minimum absolute atomic E-state index is 0.0144. The fraction of sp³-hybridized carbons (Fsp3) is 0.353. The SMILES string of the molecule is CCCN(CC(=O)Nc1ccc(Cl)cc1)C(=O)c1cc(C)nn1C. The van der Waals surface area contributed by atoms with Gasteiger partial charge in [-0.25, -0.2) is 0 Å². The molecule has 2 aromatic rings. The smallest absolute Gasteiger partial charge is 0.272 e. The number of anilines is 1. The van der Waals surface area contributed by atoms with Crippen LogP contribution in [-0.4, -0.2) is 39.6 Å². The van der Waals surface area contributed by atoms with Gasteiger partial charge in [-0.1, -0.05) is 18.5 Å². The van der Waals surface area contributed by atoms with Crippen molar-refractivity contribution in [1.82, 2.24) is 14.7 Å². The molecule has 0 bridgehead atoms. The molecule has 2 amide bonds. The van der Waals surface area contributed by atoms with Crippen molar-refractivity contribution in [3.8, 4) is 0 Å². The van der Waals surface area contributed by atoms with E-state index in [4.69, 9.17) is 11.6 Å². The fourth-order valence-electron chi connectivity index (χ4n) is 2.40. The molecule has 1 heterocycles. The molecule has 1 N–H and O–H groups in total. The molecule has 0 spiro atoms. The quantitative estimate of drug-likeness (QED) is 0.872. The topological polar surface area (TPSA) is 67.2 Å². The van der Waals surface area contributed by atoms with Crippen molar-refractivity contribution in [2.75, 3.05) is 18.4 Å². The van der Waals surface area contributed by atoms with E-state index in [-0.39, 0.29) is 18.4 Å². The zero-order valence-corrected chi connectivity index (χ0v) is 14.8. The maximum atomic E-state index is 12.7. The first-order valence-electron chi connectivity index (χ1n) is 7.76. The normalized spacial score (nSPS) is 10.5. The van der Waals surface area contributed by atoms with Gasteiger partial charge in [0.25, 0.3) is 5.91 Å². The maximum Gasteiger partial charge on any atom is 0.272 e. The maximum absolute atomic E-state index is 12.7. The molecule has 0 saturated carbocycles. The van der Waals surface area contributed by atoms with E-state index in [1.807, 2.05) is 13.8 Å². The molecule has 1 aromatic heterocycles. The summed E-state index contributed by atoms with van der Waals surface area (Å²) in [5.41, 5.74) is 1.88. The number of aryl methyl sites for hydroxylation is 2. The van der Waals surface area contributed by atoms with E-state index in [1.165, 1.54) is 9.58 Å². The molecule has 7 heteroatoms. The van der Waals surface area contributed by atoms with Crippen molar-refractivity contribution in [3.05, 3.63) is 46.7 Å². The van der Waals surface area contributed by atoms with Gasteiger partial charge in [0, 0.05) is 24.3 Å². The van der Waals surface area contributed by atoms with Crippen LogP contribution in [0.15, 0.2) is 30.3 Å². The number of carbonyl (C=O) groups is 2. The van der Waals surface area contributed by atoms with Crippen LogP contribution in [0.2, 0.25) is 5.02 Å². The Labute approximate surface area is 146 Å². The van der Waals surface area contributed by atoms with Crippen LogP contribution in [0, 0.1) is 6.92 Å². The Kier molecular flexibility index (Phi) is 5.98. The van der Waals surface area contributed by atoms with E-state index in [9.17, 15) is 9.59 Å². The summed E-state index contributed by atoms with van der Waals surface area (Å²) in [6.07, 6.45) is 0.761. The molecular formula is C17H21ClN4O2. The highest BCUT2D eigenvalue weighted by atomic mass is 35.5. The lowest BCUT2D eigenvalue weighted by Gasteiger charge is -2.21. The van der Waals surface area contributed by atoms with Crippen molar-refractivity contribution >= 4 is 29.1 Å². The van der Waals surface area contributed by atoms with E-state index < -0.39 is 0 Å². The summed E-state index contributed by atoms with van der Waals surface area (Å²) >= 11 is 5.83. The highest BCUT2D eigenvalue weighted by Crippen LogP contribution is 2.14. The van der Waals surface area contributed by atoms with Gasteiger partial charge >= 0.3 is 0 Å². The van der Waals surface area contributed by atoms with Crippen LogP contribution >= 0.6 is 11.6 Å². The molecule has 0 aliphatic carbocycles. The standard InChI is InChI=1S/C17H21ClN4O2/c1-4-9-22(17(24)15-10-12(2)20-21(15)3)11-16(23)19-14-7-5-13(18)6-8-14/h5-8,10H,4,9,11H2,1-3H3,(H,19,23). The van der Waals surface area contributed by atoms with Gasteiger partial charge in [-0.15, -0.1) is 0 Å². The largest absolute Gasteiger partial charge is 0.328 e. The average molecular weight is 349 g/mol. The minimum Gasteiger partial charge on any atom is -0.328 e. The Balaban J connectivity index is 2.07. The predicted octanol–water partition coefficient (Wildman–Crippen LogP) is 2.87. The van der Waals surface area contributed by atoms with Gasteiger partial charge in [0.05, 0.1) is 5.69 Å². The van der Waals surface area contributed by atoms with Gasteiger partial charge in [-0.3, -0.25) is 14.3 Å². The van der Waals surface area contributed by atoms with Crippen molar-refractivity contribution < 1.29 is 9.59 Å². The molecule has 1 aromatic carbocycles. The monoisotopic (exact) mass is 348 g/mol. The van der Waals surface area contributed by atoms with Gasteiger partial charge in [-0.2, -0.15) is 5.10 Å². The molecule has 24 heavy (non-hydrogen) atoms. The first kappa shape index (κ1) is 18.0. The lowest BCUT2D eigenvalue weighted by molar-refractivity contribution is -0.116. The molecule has 6 nitrogen and oxygen atoms in total. The molecule has 0 aliphatic rings. The van der Waals surface area contributed by atoms with Crippen molar-refractivity contribution in [2.24, 2.45) is 7.05 Å². The second kappa shape index (κ2) is 7.97. The Morgan fingerprint density at radius 3 is 2.50 bits per heavy atom. The van der Waals surface area contributed by atoms with Crippen molar-refractivity contribution in [1.29, 1.82) is 0 Å². The number of nitrogens with zero attached hydrogens (tertiary/aromatic N) is 3. The minimum atomic E-state index is -0.252. The van der Waals surface area contributed by atoms with Crippen LogP contribution in [0.25, 0.3) is 0 Å². The van der Waals surface area contributed by atoms with Crippen molar-refractivity contribution in [2.45, 2.75) is 20.3 Å². The molecule has 0 aliphatic heterocycles. The van der Waals surface area contributed by atoms with E-state index in [0.717, 1.165) is 12.1 Å². The molecule has 0 unspecified atom stereocenters. The summed E-state index contributed by atoms with van der Waals surface area (Å²) in [5.74, 6) is -0.454. The van der Waals surface area contributed by atoms with E-state index >= 15 is 0 Å². The molecule has 0 radical (unpaired) electrons. The Hall–Kier alpha value is -2.34. The molecule has 0 atom stereocenters. The van der Waals surface area contributed by atoms with Crippen LogP contribution in [0.1, 0.15) is 29.5 Å². The van der Waals surface area contributed by atoms with Crippen LogP contribution in [-0.2, 0) is 11.8 Å². The van der Waals surface area contributed by atoms with Crippen molar-refractivity contribution in [3.63, 3.8) is 0 Å². The highest BCUT2D eigenvalue weighted by Gasteiger charge is 2.21. The third kappa shape index (κ3) is 4.58. The number of amides is 2. The van der Waals surface area contributed by atoms with E-state index in [1.54, 1.807) is 37.4 Å². The van der Waals surface area contributed by atoms with Crippen LogP contribution in [0.5, 0.6) is 0 Å². The lowest BCUT2D eigenvalue weighted by atomic mass is 10.3. The fourth-order valence-corrected chi connectivity index (χ4v) is 2.53. The van der Waals surface area contributed by atoms with Crippen LogP contribution in [0.3, 0.4) is 0 Å². The zero-order chi connectivity index (χ0) is 17.7. The molecule has 0 fully saturated rings. The van der Waals surface area contributed by atoms with Gasteiger partial charge in [0.1, 0.15) is 12.2 Å². The van der Waals surface area contributed by atoms with Gasteiger partial charge < -0.3 is 10.2 Å². The number of benzene rings is 1. The first-order valence-corrected chi connectivity index (χ1v) is 8.14. The van der Waals surface area contributed by atoms with Gasteiger partial charge in [-0.05, 0) is 43.7 Å². The molecule has 2 rings (SSSR count). The number of nitrogens with one attached hydrogen (secondary N) is 1. The molecule has 128 valence electrons. The third-order valence-electron chi connectivity index (χ3n) is 3.46. The number of hydrogen-bond donors (Lipinski definition) is 1. The second-order valence-electron chi connectivity index (χ2n) is 5.58. The third-order valence-corrected chi connectivity index (χ3v) is 3.72. The number of hydrogen-bond acceptors (Lipinski definition) is 3. The highest BCUT2D eigenvalue weighted by molar-refractivity contribution is 6.30. The Morgan fingerprint density at radius 2 is 1.96 bits per heavy atom. The van der Waals surface area contributed by atoms with Gasteiger partial charge in [0.15, 0.2) is 0 Å². The van der Waals surface area contributed by atoms with Gasteiger partial charge in [0.2, 0.25) is 5.91 Å². The van der Waals surface area contributed by atoms with E-state index in [0.29, 0.717) is 22.9 Å². The van der Waals surface area contributed by atoms with E-state index in [2.05, 4.69) is 10.4 Å². The number of carbonyl (C=O) groups excluding carboxylic acids is 2. The summed E-state index contributed by atoms with van der Waals surface area (Å²) < 4.78 is 1.54. The first-order chi connectivity index (χ1) is 11.4. The summed E-state index contributed by atoms with van der Waals surface area (Å²) in [6.45, 7) is 4.27. The predicted molar refractivity (Wildman–Crippen MR) is 94.2 cm³/mol. The number of rotatable bonds is 6. The lowest BCUT2D eigenvalue weighted by Crippen LogP contribution is -2.39. The molecule has 0 saturated heterocycles. The Bertz CT molecular complexity index is 725. The number of halogens is 1. The Morgan fingerprint density at radius 1 is 1.29 bits per heavy atom. The van der Waals surface area contributed by atoms with Crippen LogP contribution in [0.4, 0.5) is 5.69 Å². The molecular weight excluding hydrogens is 328 g/mol. The summed E-state index contributed by atoms with van der Waals surface area (Å²) in [6, 6.07) is 8.56. The summed E-state index contributed by atoms with van der Waals surface area (Å²) in [7, 11) is 1.72. The summed E-state index contributed by atoms with van der Waals surface area (Å²) in [5, 5.41) is 7.56. The van der Waals surface area contributed by atoms with Crippen LogP contribution < -0.4 is 5.32 Å². The average Bonchev–Trinajstić information content (AvgIpc) is 2.87. The second-order valence-corrected chi connectivity index (χ2v) is 6.01.